The minimum atomic E-state index is -0.241. The number of hydrogen-bond donors (Lipinski definition) is 1. The molecule has 2 aliphatic rings. The molecule has 0 unspecified atom stereocenters. The number of rotatable bonds is 6. The van der Waals surface area contributed by atoms with Gasteiger partial charge in [0.25, 0.3) is 0 Å². The van der Waals surface area contributed by atoms with Crippen LogP contribution < -0.4 is 5.32 Å². The van der Waals surface area contributed by atoms with Gasteiger partial charge in [-0.2, -0.15) is 0 Å². The van der Waals surface area contributed by atoms with Gasteiger partial charge in [0.2, 0.25) is 0 Å². The topological polar surface area (TPSA) is 39.7 Å². The molecule has 1 saturated heterocycles. The molecule has 1 aliphatic carbocycles. The molecule has 0 aromatic rings. The van der Waals surface area contributed by atoms with Gasteiger partial charge in [0, 0.05) is 25.4 Å². The maximum absolute atomic E-state index is 5.71. The third-order valence-corrected chi connectivity index (χ3v) is 3.59. The first-order valence-electron chi connectivity index (χ1n) is 6.94. The SMILES string of the molecule is C=C(C)COCCNC1CCC2(CC1)OCCO2. The lowest BCUT2D eigenvalue weighted by Crippen LogP contribution is -2.42. The van der Waals surface area contributed by atoms with Crippen molar-refractivity contribution in [3.05, 3.63) is 12.2 Å². The zero-order valence-corrected chi connectivity index (χ0v) is 11.4. The second kappa shape index (κ2) is 6.66. The lowest BCUT2D eigenvalue weighted by molar-refractivity contribution is -0.179. The van der Waals surface area contributed by atoms with E-state index in [0.29, 0.717) is 12.6 Å². The Morgan fingerprint density at radius 1 is 1.33 bits per heavy atom. The van der Waals surface area contributed by atoms with Gasteiger partial charge < -0.3 is 19.5 Å². The van der Waals surface area contributed by atoms with E-state index in [4.69, 9.17) is 14.2 Å². The highest BCUT2D eigenvalue weighted by molar-refractivity contribution is 4.87. The van der Waals surface area contributed by atoms with Crippen LogP contribution in [0, 0.1) is 0 Å². The summed E-state index contributed by atoms with van der Waals surface area (Å²) in [5.74, 6) is -0.241. The van der Waals surface area contributed by atoms with E-state index in [0.717, 1.165) is 57.6 Å². The summed E-state index contributed by atoms with van der Waals surface area (Å²) in [6.45, 7) is 9.63. The van der Waals surface area contributed by atoms with Crippen molar-refractivity contribution in [2.45, 2.75) is 44.4 Å². The van der Waals surface area contributed by atoms with E-state index in [1.165, 1.54) is 0 Å². The molecule has 4 nitrogen and oxygen atoms in total. The van der Waals surface area contributed by atoms with E-state index < -0.39 is 0 Å². The van der Waals surface area contributed by atoms with Crippen LogP contribution in [0.2, 0.25) is 0 Å². The molecule has 2 fully saturated rings. The van der Waals surface area contributed by atoms with Crippen molar-refractivity contribution in [3.63, 3.8) is 0 Å². The molecule has 1 spiro atoms. The quantitative estimate of drug-likeness (QED) is 0.581. The Kier molecular flexibility index (Phi) is 5.18. The normalized spacial score (nSPS) is 23.6. The Bertz CT molecular complexity index is 264. The molecule has 0 amide bonds. The predicted octanol–water partition coefficient (Wildman–Crippen LogP) is 1.85. The van der Waals surface area contributed by atoms with Crippen molar-refractivity contribution >= 4 is 0 Å². The lowest BCUT2D eigenvalue weighted by Gasteiger charge is -2.35. The van der Waals surface area contributed by atoms with E-state index in [-0.39, 0.29) is 5.79 Å². The van der Waals surface area contributed by atoms with Gasteiger partial charge in [-0.1, -0.05) is 12.2 Å². The first kappa shape index (κ1) is 14.0. The van der Waals surface area contributed by atoms with Gasteiger partial charge >= 0.3 is 0 Å². The van der Waals surface area contributed by atoms with Gasteiger partial charge in [0.05, 0.1) is 26.4 Å². The Labute approximate surface area is 110 Å². The summed E-state index contributed by atoms with van der Waals surface area (Å²) < 4.78 is 16.9. The molecule has 0 atom stereocenters. The molecule has 1 heterocycles. The number of hydrogen-bond acceptors (Lipinski definition) is 4. The predicted molar refractivity (Wildman–Crippen MR) is 70.5 cm³/mol. The van der Waals surface area contributed by atoms with Crippen LogP contribution in [0.15, 0.2) is 12.2 Å². The van der Waals surface area contributed by atoms with Gasteiger partial charge in [0.15, 0.2) is 5.79 Å². The third kappa shape index (κ3) is 4.05. The van der Waals surface area contributed by atoms with Crippen molar-refractivity contribution < 1.29 is 14.2 Å². The molecule has 0 aromatic heterocycles. The monoisotopic (exact) mass is 255 g/mol. The third-order valence-electron chi connectivity index (χ3n) is 3.59. The van der Waals surface area contributed by atoms with Crippen LogP contribution in [-0.2, 0) is 14.2 Å². The summed E-state index contributed by atoms with van der Waals surface area (Å²) >= 11 is 0. The van der Waals surface area contributed by atoms with Gasteiger partial charge in [0.1, 0.15) is 0 Å². The number of ether oxygens (including phenoxy) is 3. The molecular formula is C14H25NO3. The molecular weight excluding hydrogens is 230 g/mol. The smallest absolute Gasteiger partial charge is 0.168 e. The van der Waals surface area contributed by atoms with Crippen molar-refractivity contribution in [3.8, 4) is 0 Å². The van der Waals surface area contributed by atoms with Crippen LogP contribution >= 0.6 is 0 Å². The van der Waals surface area contributed by atoms with Gasteiger partial charge in [-0.3, -0.25) is 0 Å². The van der Waals surface area contributed by atoms with Crippen molar-refractivity contribution in [1.29, 1.82) is 0 Å². The fourth-order valence-corrected chi connectivity index (χ4v) is 2.63. The molecule has 4 heteroatoms. The highest BCUT2D eigenvalue weighted by Gasteiger charge is 2.39. The van der Waals surface area contributed by atoms with E-state index in [2.05, 4.69) is 11.9 Å². The van der Waals surface area contributed by atoms with Crippen LogP contribution in [0.5, 0.6) is 0 Å². The Balaban J connectivity index is 1.55. The summed E-state index contributed by atoms with van der Waals surface area (Å²) in [5, 5.41) is 3.54. The minimum Gasteiger partial charge on any atom is -0.376 e. The van der Waals surface area contributed by atoms with Crippen LogP contribution in [0.3, 0.4) is 0 Å². The second-order valence-electron chi connectivity index (χ2n) is 5.35. The van der Waals surface area contributed by atoms with Gasteiger partial charge in [-0.15, -0.1) is 0 Å². The zero-order valence-electron chi connectivity index (χ0n) is 11.4. The first-order chi connectivity index (χ1) is 8.70. The van der Waals surface area contributed by atoms with Crippen LogP contribution in [0.1, 0.15) is 32.6 Å². The van der Waals surface area contributed by atoms with Gasteiger partial charge in [-0.25, -0.2) is 0 Å². The molecule has 2 rings (SSSR count). The Morgan fingerprint density at radius 3 is 2.61 bits per heavy atom. The van der Waals surface area contributed by atoms with Crippen molar-refractivity contribution in [2.24, 2.45) is 0 Å². The zero-order chi connectivity index (χ0) is 12.8. The Hall–Kier alpha value is -0.420. The molecule has 18 heavy (non-hydrogen) atoms. The summed E-state index contributed by atoms with van der Waals surface area (Å²) in [4.78, 5) is 0. The average Bonchev–Trinajstić information content (AvgIpc) is 2.80. The van der Waals surface area contributed by atoms with E-state index in [9.17, 15) is 0 Å². The van der Waals surface area contributed by atoms with Crippen molar-refractivity contribution in [2.75, 3.05) is 33.0 Å². The molecule has 1 aliphatic heterocycles. The van der Waals surface area contributed by atoms with E-state index in [1.807, 2.05) is 6.92 Å². The average molecular weight is 255 g/mol. The standard InChI is InChI=1S/C14H25NO3/c1-12(2)11-16-8-7-15-13-3-5-14(6-4-13)17-9-10-18-14/h13,15H,1,3-11H2,2H3. The highest BCUT2D eigenvalue weighted by Crippen LogP contribution is 2.35. The molecule has 0 radical (unpaired) electrons. The van der Waals surface area contributed by atoms with Crippen molar-refractivity contribution in [1.82, 2.24) is 5.32 Å². The summed E-state index contributed by atoms with van der Waals surface area (Å²) in [5.41, 5.74) is 1.07. The van der Waals surface area contributed by atoms with Crippen LogP contribution in [0.25, 0.3) is 0 Å². The summed E-state index contributed by atoms with van der Waals surface area (Å²) in [7, 11) is 0. The molecule has 0 aromatic carbocycles. The van der Waals surface area contributed by atoms with E-state index in [1.54, 1.807) is 0 Å². The maximum Gasteiger partial charge on any atom is 0.168 e. The molecule has 1 N–H and O–H groups in total. The second-order valence-corrected chi connectivity index (χ2v) is 5.35. The first-order valence-corrected chi connectivity index (χ1v) is 6.94. The fourth-order valence-electron chi connectivity index (χ4n) is 2.63. The van der Waals surface area contributed by atoms with Crippen LogP contribution in [0.4, 0.5) is 0 Å². The molecule has 104 valence electrons. The van der Waals surface area contributed by atoms with Gasteiger partial charge in [-0.05, 0) is 19.8 Å². The van der Waals surface area contributed by atoms with Crippen LogP contribution in [-0.4, -0.2) is 44.8 Å². The number of nitrogens with one attached hydrogen (secondary N) is 1. The molecule has 0 bridgehead atoms. The minimum absolute atomic E-state index is 0.241. The maximum atomic E-state index is 5.71. The lowest BCUT2D eigenvalue weighted by atomic mass is 9.90. The largest absolute Gasteiger partial charge is 0.376 e. The summed E-state index contributed by atoms with van der Waals surface area (Å²) in [6.07, 6.45) is 4.27. The highest BCUT2D eigenvalue weighted by atomic mass is 16.7. The molecule has 1 saturated carbocycles. The fraction of sp³-hybridized carbons (Fsp3) is 0.857. The summed E-state index contributed by atoms with van der Waals surface area (Å²) in [6, 6.07) is 0.580. The Morgan fingerprint density at radius 2 is 2.00 bits per heavy atom. The van der Waals surface area contributed by atoms with E-state index >= 15 is 0 Å².